The van der Waals surface area contributed by atoms with Gasteiger partial charge in [-0.1, -0.05) is 13.3 Å². The molecule has 0 heterocycles. The van der Waals surface area contributed by atoms with E-state index in [0.717, 1.165) is 16.4 Å². The van der Waals surface area contributed by atoms with Gasteiger partial charge < -0.3 is 10.4 Å². The number of phenols is 1. The smallest absolute Gasteiger partial charge is 0.251 e. The lowest BCUT2D eigenvalue weighted by Gasteiger charge is -2.10. The van der Waals surface area contributed by atoms with Gasteiger partial charge in [0, 0.05) is 12.1 Å². The highest BCUT2D eigenvalue weighted by Gasteiger charge is 2.10. The van der Waals surface area contributed by atoms with Crippen LogP contribution >= 0.6 is 34.2 Å². The molecule has 0 spiro atoms. The highest BCUT2D eigenvalue weighted by Crippen LogP contribution is 2.20. The molecule has 0 bridgehead atoms. The van der Waals surface area contributed by atoms with Crippen molar-refractivity contribution in [1.82, 2.24) is 5.32 Å². The molecule has 94 valence electrons. The number of carbonyl (C=O) groups is 1. The highest BCUT2D eigenvalue weighted by molar-refractivity contribution is 14.1. The minimum absolute atomic E-state index is 0.0404. The molecule has 0 aromatic heterocycles. The molecule has 0 radical (unpaired) electrons. The van der Waals surface area contributed by atoms with Crippen molar-refractivity contribution in [1.29, 1.82) is 0 Å². The minimum atomic E-state index is -0.210. The predicted octanol–water partition coefficient (Wildman–Crippen LogP) is 3.13. The van der Waals surface area contributed by atoms with Crippen LogP contribution in [0.25, 0.3) is 0 Å². The van der Waals surface area contributed by atoms with Crippen molar-refractivity contribution in [2.45, 2.75) is 25.1 Å². The molecule has 2 N–H and O–H groups in total. The van der Waals surface area contributed by atoms with Crippen molar-refractivity contribution < 1.29 is 9.90 Å². The Morgan fingerprint density at radius 3 is 2.88 bits per heavy atom. The van der Waals surface area contributed by atoms with E-state index in [1.165, 1.54) is 6.07 Å². The number of alkyl halides is 1. The Balaban J connectivity index is 2.55. The van der Waals surface area contributed by atoms with Crippen LogP contribution in [-0.4, -0.2) is 22.9 Å². The van der Waals surface area contributed by atoms with Crippen LogP contribution in [0.1, 0.15) is 30.1 Å². The first-order valence-corrected chi connectivity index (χ1v) is 6.97. The molecule has 0 aliphatic heterocycles. The van der Waals surface area contributed by atoms with Gasteiger partial charge in [-0.15, -0.1) is 11.6 Å². The summed E-state index contributed by atoms with van der Waals surface area (Å²) in [7, 11) is 0. The summed E-state index contributed by atoms with van der Waals surface area (Å²) in [5, 5.41) is 12.2. The lowest BCUT2D eigenvalue weighted by atomic mass is 10.2. The summed E-state index contributed by atoms with van der Waals surface area (Å²) in [6, 6.07) is 4.84. The molecular weight excluding hydrogens is 352 g/mol. The van der Waals surface area contributed by atoms with Gasteiger partial charge in [-0.05, 0) is 47.2 Å². The number of halogens is 2. The molecular formula is C12H15ClINO2. The van der Waals surface area contributed by atoms with Crippen LogP contribution in [0, 0.1) is 3.57 Å². The topological polar surface area (TPSA) is 49.3 Å². The molecule has 1 unspecified atom stereocenters. The largest absolute Gasteiger partial charge is 0.507 e. The van der Waals surface area contributed by atoms with Gasteiger partial charge in [0.15, 0.2) is 0 Å². The summed E-state index contributed by atoms with van der Waals surface area (Å²) in [4.78, 5) is 11.7. The van der Waals surface area contributed by atoms with Crippen molar-refractivity contribution in [3.63, 3.8) is 0 Å². The average molecular weight is 368 g/mol. The Morgan fingerprint density at radius 2 is 2.29 bits per heavy atom. The fraction of sp³-hybridized carbons (Fsp3) is 0.417. The minimum Gasteiger partial charge on any atom is -0.507 e. The van der Waals surface area contributed by atoms with Crippen molar-refractivity contribution in [2.24, 2.45) is 0 Å². The van der Waals surface area contributed by atoms with E-state index in [9.17, 15) is 9.90 Å². The molecule has 1 aromatic rings. The first kappa shape index (κ1) is 14.6. The number of carbonyl (C=O) groups excluding carboxylic acids is 1. The third-order valence-electron chi connectivity index (χ3n) is 2.29. The van der Waals surface area contributed by atoms with Crippen LogP contribution in [0.4, 0.5) is 0 Å². The van der Waals surface area contributed by atoms with Crippen molar-refractivity contribution >= 4 is 40.1 Å². The lowest BCUT2D eigenvalue weighted by Crippen LogP contribution is -2.29. The SMILES string of the molecule is CCCC(Cl)CNC(=O)c1ccc(I)c(O)c1. The number of nitrogens with one attached hydrogen (secondary N) is 1. The first-order chi connectivity index (χ1) is 8.04. The number of hydrogen-bond acceptors (Lipinski definition) is 2. The van der Waals surface area contributed by atoms with E-state index in [2.05, 4.69) is 5.32 Å². The Morgan fingerprint density at radius 1 is 1.59 bits per heavy atom. The van der Waals surface area contributed by atoms with Gasteiger partial charge in [-0.3, -0.25) is 4.79 Å². The summed E-state index contributed by atoms with van der Waals surface area (Å²) >= 11 is 8.01. The predicted molar refractivity (Wildman–Crippen MR) is 77.7 cm³/mol. The third kappa shape index (κ3) is 4.71. The first-order valence-electron chi connectivity index (χ1n) is 5.45. The highest BCUT2D eigenvalue weighted by atomic mass is 127. The zero-order chi connectivity index (χ0) is 12.8. The Kier molecular flexibility index (Phi) is 6.05. The zero-order valence-electron chi connectivity index (χ0n) is 9.54. The molecule has 17 heavy (non-hydrogen) atoms. The molecule has 0 fully saturated rings. The lowest BCUT2D eigenvalue weighted by molar-refractivity contribution is 0.0953. The number of hydrogen-bond donors (Lipinski definition) is 2. The van der Waals surface area contributed by atoms with Crippen molar-refractivity contribution in [2.75, 3.05) is 6.54 Å². The van der Waals surface area contributed by atoms with Gasteiger partial charge in [0.25, 0.3) is 5.91 Å². The van der Waals surface area contributed by atoms with Gasteiger partial charge in [0.05, 0.1) is 8.95 Å². The maximum Gasteiger partial charge on any atom is 0.251 e. The van der Waals surface area contributed by atoms with Crippen molar-refractivity contribution in [3.05, 3.63) is 27.3 Å². The van der Waals surface area contributed by atoms with Gasteiger partial charge in [-0.25, -0.2) is 0 Å². The molecule has 0 aliphatic rings. The second-order valence-corrected chi connectivity index (χ2v) is 5.54. The fourth-order valence-electron chi connectivity index (χ4n) is 1.37. The van der Waals surface area contributed by atoms with E-state index in [0.29, 0.717) is 12.1 Å². The monoisotopic (exact) mass is 367 g/mol. The molecule has 1 atom stereocenters. The van der Waals surface area contributed by atoms with Gasteiger partial charge in [-0.2, -0.15) is 0 Å². The average Bonchev–Trinajstić information content (AvgIpc) is 2.30. The summed E-state index contributed by atoms with van der Waals surface area (Å²) in [6.07, 6.45) is 1.87. The van der Waals surface area contributed by atoms with Crippen LogP contribution in [0.3, 0.4) is 0 Å². The van der Waals surface area contributed by atoms with Crippen LogP contribution < -0.4 is 5.32 Å². The molecule has 1 amide bonds. The second-order valence-electron chi connectivity index (χ2n) is 3.76. The summed E-state index contributed by atoms with van der Waals surface area (Å²) in [6.45, 7) is 2.50. The van der Waals surface area contributed by atoms with Crippen LogP contribution in [-0.2, 0) is 0 Å². The van der Waals surface area contributed by atoms with Gasteiger partial charge in [0.2, 0.25) is 0 Å². The molecule has 0 saturated carbocycles. The Hall–Kier alpha value is -0.490. The second kappa shape index (κ2) is 7.06. The van der Waals surface area contributed by atoms with E-state index in [1.54, 1.807) is 12.1 Å². The van der Waals surface area contributed by atoms with Crippen LogP contribution in [0.5, 0.6) is 5.75 Å². The Labute approximate surface area is 120 Å². The number of aromatic hydroxyl groups is 1. The van der Waals surface area contributed by atoms with E-state index < -0.39 is 0 Å². The van der Waals surface area contributed by atoms with E-state index in [1.807, 2.05) is 29.5 Å². The molecule has 0 aliphatic carbocycles. The van der Waals surface area contributed by atoms with E-state index >= 15 is 0 Å². The summed E-state index contributed by atoms with van der Waals surface area (Å²) < 4.78 is 0.723. The standard InChI is InChI=1S/C12H15ClINO2/c1-2-3-9(13)7-15-12(17)8-4-5-10(14)11(16)6-8/h4-6,9,16H,2-3,7H2,1H3,(H,15,17). The molecule has 1 rings (SSSR count). The molecule has 1 aromatic carbocycles. The molecule has 5 heteroatoms. The number of phenolic OH excluding ortho intramolecular Hbond substituents is 1. The quantitative estimate of drug-likeness (QED) is 0.620. The fourth-order valence-corrected chi connectivity index (χ4v) is 2.01. The zero-order valence-corrected chi connectivity index (χ0v) is 12.5. The molecule has 0 saturated heterocycles. The number of amides is 1. The normalized spacial score (nSPS) is 12.2. The van der Waals surface area contributed by atoms with Crippen molar-refractivity contribution in [3.8, 4) is 5.75 Å². The van der Waals surface area contributed by atoms with Crippen LogP contribution in [0.15, 0.2) is 18.2 Å². The Bertz CT molecular complexity index is 398. The van der Waals surface area contributed by atoms with E-state index in [4.69, 9.17) is 11.6 Å². The van der Waals surface area contributed by atoms with Gasteiger partial charge >= 0.3 is 0 Å². The van der Waals surface area contributed by atoms with E-state index in [-0.39, 0.29) is 17.0 Å². The number of benzene rings is 1. The maximum atomic E-state index is 11.7. The number of rotatable bonds is 5. The summed E-state index contributed by atoms with van der Waals surface area (Å²) in [5.41, 5.74) is 0.447. The van der Waals surface area contributed by atoms with Gasteiger partial charge in [0.1, 0.15) is 5.75 Å². The third-order valence-corrected chi connectivity index (χ3v) is 3.58. The van der Waals surface area contributed by atoms with Crippen LogP contribution in [0.2, 0.25) is 0 Å². The summed E-state index contributed by atoms with van der Waals surface area (Å²) in [5.74, 6) is -0.0901. The molecule has 3 nitrogen and oxygen atoms in total. The maximum absolute atomic E-state index is 11.7.